The van der Waals surface area contributed by atoms with Crippen LogP contribution in [-0.2, 0) is 23.2 Å². The molecule has 0 saturated carbocycles. The third-order valence-corrected chi connectivity index (χ3v) is 8.02. The number of pyridine rings is 1. The monoisotopic (exact) mass is 554 g/mol. The second-order valence-electron chi connectivity index (χ2n) is 9.29. The van der Waals surface area contributed by atoms with Crippen molar-refractivity contribution in [2.24, 2.45) is 0 Å². The average molecular weight is 555 g/mol. The van der Waals surface area contributed by atoms with Crippen LogP contribution in [-0.4, -0.2) is 49.4 Å². The first-order chi connectivity index (χ1) is 17.9. The third kappa shape index (κ3) is 4.70. The van der Waals surface area contributed by atoms with Gasteiger partial charge in [0.25, 0.3) is 5.91 Å². The Morgan fingerprint density at radius 1 is 1.08 bits per heavy atom. The summed E-state index contributed by atoms with van der Waals surface area (Å²) in [5.74, 6) is -0.117. The van der Waals surface area contributed by atoms with Crippen molar-refractivity contribution in [1.82, 2.24) is 20.2 Å². The van der Waals surface area contributed by atoms with Crippen molar-refractivity contribution in [3.05, 3.63) is 71.4 Å². The van der Waals surface area contributed by atoms with E-state index in [0.717, 1.165) is 36.2 Å². The van der Waals surface area contributed by atoms with Crippen molar-refractivity contribution in [3.8, 4) is 22.8 Å². The normalized spacial score (nSPS) is 15.2. The molecule has 0 unspecified atom stereocenters. The number of benzene rings is 2. The van der Waals surface area contributed by atoms with Gasteiger partial charge >= 0.3 is 10.1 Å². The molecule has 2 aliphatic rings. The standard InChI is InChI=1S/C27H26N4O5S.ClH/c1-35-23-14-19(22-13-18-12-17(7-8-21(18)30-22)16-31-10-4-5-11-31)25-20(15-29-27(25)32)26(23)36-37(33,34)24-6-2-3-9-28-24;/h2-3,6-9,12-14,30H,4-5,10-11,15-16H2,1H3,(H,29,32);1H. The van der Waals surface area contributed by atoms with Crippen LogP contribution in [0.4, 0.5) is 0 Å². The van der Waals surface area contributed by atoms with E-state index < -0.39 is 10.1 Å². The number of aromatic nitrogens is 2. The molecule has 1 saturated heterocycles. The van der Waals surface area contributed by atoms with Gasteiger partial charge < -0.3 is 19.2 Å². The highest BCUT2D eigenvalue weighted by Crippen LogP contribution is 2.43. The van der Waals surface area contributed by atoms with Gasteiger partial charge in [0.1, 0.15) is 0 Å². The summed E-state index contributed by atoms with van der Waals surface area (Å²) < 4.78 is 36.9. The number of aromatic amines is 1. The van der Waals surface area contributed by atoms with Crippen molar-refractivity contribution < 1.29 is 22.1 Å². The maximum absolute atomic E-state index is 12.9. The van der Waals surface area contributed by atoms with Crippen molar-refractivity contribution in [3.63, 3.8) is 0 Å². The highest BCUT2D eigenvalue weighted by atomic mass is 35.5. The van der Waals surface area contributed by atoms with Gasteiger partial charge in [0.05, 0.1) is 12.7 Å². The van der Waals surface area contributed by atoms with Crippen LogP contribution in [0.1, 0.15) is 34.3 Å². The summed E-state index contributed by atoms with van der Waals surface area (Å²) in [5, 5.41) is 3.60. The molecule has 11 heteroatoms. The Balaban J connectivity index is 0.00000294. The van der Waals surface area contributed by atoms with Gasteiger partial charge in [-0.1, -0.05) is 12.1 Å². The van der Waals surface area contributed by atoms with Gasteiger partial charge in [0.15, 0.2) is 16.5 Å². The SMILES string of the molecule is COc1cc(-c2cc3cc(CN4CCCC4)ccc3[nH]2)c2c(c1OS(=O)(=O)c1ccccn1)CNC2=O.Cl. The summed E-state index contributed by atoms with van der Waals surface area (Å²) in [7, 11) is -2.80. The first-order valence-electron chi connectivity index (χ1n) is 12.1. The van der Waals surface area contributed by atoms with E-state index in [1.807, 2.05) is 6.07 Å². The van der Waals surface area contributed by atoms with E-state index in [1.54, 1.807) is 18.2 Å². The summed E-state index contributed by atoms with van der Waals surface area (Å²) in [5.41, 5.74) is 4.32. The molecule has 4 heterocycles. The number of carbonyl (C=O) groups is 1. The van der Waals surface area contributed by atoms with E-state index in [1.165, 1.54) is 37.8 Å². The van der Waals surface area contributed by atoms with Gasteiger partial charge in [0.2, 0.25) is 0 Å². The van der Waals surface area contributed by atoms with E-state index in [-0.39, 0.29) is 41.4 Å². The Kier molecular flexibility index (Phi) is 7.04. The number of hydrogen-bond acceptors (Lipinski definition) is 7. The summed E-state index contributed by atoms with van der Waals surface area (Å²) in [6, 6.07) is 14.5. The van der Waals surface area contributed by atoms with Crippen molar-refractivity contribution in [1.29, 1.82) is 0 Å². The minimum atomic E-state index is -4.24. The Bertz CT molecular complexity index is 1620. The van der Waals surface area contributed by atoms with E-state index in [4.69, 9.17) is 8.92 Å². The number of halogens is 1. The van der Waals surface area contributed by atoms with Crippen LogP contribution in [0.15, 0.2) is 59.8 Å². The molecule has 0 radical (unpaired) electrons. The fourth-order valence-corrected chi connectivity index (χ4v) is 6.03. The highest BCUT2D eigenvalue weighted by Gasteiger charge is 2.33. The van der Waals surface area contributed by atoms with Gasteiger partial charge in [-0.05, 0) is 67.9 Å². The Hall–Kier alpha value is -3.60. The van der Waals surface area contributed by atoms with Crippen molar-refractivity contribution >= 4 is 39.3 Å². The van der Waals surface area contributed by atoms with Crippen molar-refractivity contribution in [2.75, 3.05) is 20.2 Å². The molecule has 0 bridgehead atoms. The molecule has 2 aromatic heterocycles. The molecule has 0 atom stereocenters. The molecule has 198 valence electrons. The molecule has 0 aliphatic carbocycles. The zero-order valence-corrected chi connectivity index (χ0v) is 22.3. The molecule has 9 nitrogen and oxygen atoms in total. The fourth-order valence-electron chi connectivity index (χ4n) is 5.11. The number of nitrogens with zero attached hydrogens (tertiary/aromatic N) is 2. The largest absolute Gasteiger partial charge is 0.493 e. The number of H-pyrrole nitrogens is 1. The first-order valence-corrected chi connectivity index (χ1v) is 13.6. The van der Waals surface area contributed by atoms with Crippen LogP contribution in [0.2, 0.25) is 0 Å². The third-order valence-electron chi connectivity index (χ3n) is 6.88. The minimum absolute atomic E-state index is 0. The average Bonchev–Trinajstić information content (AvgIpc) is 3.65. The lowest BCUT2D eigenvalue weighted by molar-refractivity contribution is 0.0966. The number of carbonyl (C=O) groups excluding carboxylic acids is 1. The number of fused-ring (bicyclic) bond motifs is 2. The molecule has 38 heavy (non-hydrogen) atoms. The Morgan fingerprint density at radius 3 is 2.63 bits per heavy atom. The molecule has 0 spiro atoms. The second kappa shape index (κ2) is 10.3. The molecular weight excluding hydrogens is 528 g/mol. The zero-order chi connectivity index (χ0) is 25.6. The number of rotatable bonds is 7. The van der Waals surface area contributed by atoms with Gasteiger partial charge in [-0.25, -0.2) is 4.98 Å². The van der Waals surface area contributed by atoms with E-state index in [0.29, 0.717) is 16.7 Å². The minimum Gasteiger partial charge on any atom is -0.493 e. The highest BCUT2D eigenvalue weighted by molar-refractivity contribution is 7.87. The van der Waals surface area contributed by atoms with Gasteiger partial charge in [0, 0.05) is 47.0 Å². The fraction of sp³-hybridized carbons (Fsp3) is 0.259. The molecule has 2 aromatic carbocycles. The molecule has 2 N–H and O–H groups in total. The Labute approximate surface area is 226 Å². The van der Waals surface area contributed by atoms with Crippen molar-refractivity contribution in [2.45, 2.75) is 31.0 Å². The zero-order valence-electron chi connectivity index (χ0n) is 20.7. The topological polar surface area (TPSA) is 114 Å². The molecule has 4 aromatic rings. The maximum Gasteiger partial charge on any atom is 0.357 e. The molecule has 2 aliphatic heterocycles. The summed E-state index contributed by atoms with van der Waals surface area (Å²) in [6.45, 7) is 3.29. The van der Waals surface area contributed by atoms with E-state index in [9.17, 15) is 13.2 Å². The lowest BCUT2D eigenvalue weighted by Crippen LogP contribution is -2.18. The van der Waals surface area contributed by atoms with Crippen LogP contribution in [0.3, 0.4) is 0 Å². The lowest BCUT2D eigenvalue weighted by atomic mass is 9.98. The number of hydrogen-bond donors (Lipinski definition) is 2. The maximum atomic E-state index is 12.9. The van der Waals surface area contributed by atoms with Crippen LogP contribution in [0.25, 0.3) is 22.2 Å². The van der Waals surface area contributed by atoms with Gasteiger partial charge in [-0.15, -0.1) is 12.4 Å². The van der Waals surface area contributed by atoms with Crippen LogP contribution in [0, 0.1) is 0 Å². The van der Waals surface area contributed by atoms with E-state index >= 15 is 0 Å². The Morgan fingerprint density at radius 2 is 1.89 bits per heavy atom. The summed E-state index contributed by atoms with van der Waals surface area (Å²) in [4.78, 5) is 22.7. The summed E-state index contributed by atoms with van der Waals surface area (Å²) >= 11 is 0. The summed E-state index contributed by atoms with van der Waals surface area (Å²) in [6.07, 6.45) is 3.86. The first kappa shape index (κ1) is 26.0. The van der Waals surface area contributed by atoms with Crippen LogP contribution >= 0.6 is 12.4 Å². The van der Waals surface area contributed by atoms with Crippen LogP contribution in [0.5, 0.6) is 11.5 Å². The van der Waals surface area contributed by atoms with Crippen LogP contribution < -0.4 is 14.2 Å². The predicted octanol–water partition coefficient (Wildman–Crippen LogP) is 4.27. The lowest BCUT2D eigenvalue weighted by Gasteiger charge is -2.16. The second-order valence-corrected chi connectivity index (χ2v) is 10.8. The molecule has 1 amide bonds. The predicted molar refractivity (Wildman–Crippen MR) is 145 cm³/mol. The number of likely N-dealkylation sites (tertiary alicyclic amines) is 1. The smallest absolute Gasteiger partial charge is 0.357 e. The number of nitrogens with one attached hydrogen (secondary N) is 2. The van der Waals surface area contributed by atoms with Gasteiger partial charge in [-0.2, -0.15) is 8.42 Å². The number of methoxy groups -OCH3 is 1. The molecule has 6 rings (SSSR count). The quantitative estimate of drug-likeness (QED) is 0.328. The van der Waals surface area contributed by atoms with E-state index in [2.05, 4.69) is 38.4 Å². The van der Waals surface area contributed by atoms with Gasteiger partial charge in [-0.3, -0.25) is 9.69 Å². The molecule has 1 fully saturated rings. The molecular formula is C27H27ClN4O5S. The number of ether oxygens (including phenoxy) is 1. The number of amides is 1.